The van der Waals surface area contributed by atoms with E-state index in [2.05, 4.69) is 15.3 Å². The molecule has 7 heteroatoms. The van der Waals surface area contributed by atoms with E-state index in [4.69, 9.17) is 26.8 Å². The quantitative estimate of drug-likeness (QED) is 0.568. The first kappa shape index (κ1) is 17.5. The molecule has 0 aliphatic carbocycles. The summed E-state index contributed by atoms with van der Waals surface area (Å²) < 4.78 is 11.0. The molecule has 0 radical (unpaired) electrons. The van der Waals surface area contributed by atoms with Crippen LogP contribution >= 0.6 is 11.6 Å². The molecule has 124 valence electrons. The van der Waals surface area contributed by atoms with Gasteiger partial charge in [-0.2, -0.15) is 4.98 Å². The second kappa shape index (κ2) is 8.67. The third kappa shape index (κ3) is 6.40. The number of benzene rings is 1. The van der Waals surface area contributed by atoms with Gasteiger partial charge in [0.05, 0.1) is 25.9 Å². The molecule has 0 aliphatic heterocycles. The number of halogens is 1. The maximum absolute atomic E-state index is 5.87. The Labute approximate surface area is 141 Å². The molecule has 1 heterocycles. The van der Waals surface area contributed by atoms with Crippen molar-refractivity contribution in [1.82, 2.24) is 9.97 Å². The SMILES string of the molecule is CC(C)OCCOCc1cccc(Nc2cc(Cl)nc(N)n2)c1. The summed E-state index contributed by atoms with van der Waals surface area (Å²) in [5.74, 6) is 0.676. The van der Waals surface area contributed by atoms with Gasteiger partial charge in [-0.3, -0.25) is 0 Å². The van der Waals surface area contributed by atoms with Crippen LogP contribution in [0.5, 0.6) is 0 Å². The molecule has 1 aromatic carbocycles. The maximum atomic E-state index is 5.87. The lowest BCUT2D eigenvalue weighted by atomic mass is 10.2. The summed E-state index contributed by atoms with van der Waals surface area (Å²) in [6.45, 7) is 5.68. The molecular formula is C16H21ClN4O2. The highest BCUT2D eigenvalue weighted by Crippen LogP contribution is 2.19. The Hall–Kier alpha value is -1.89. The van der Waals surface area contributed by atoms with Gasteiger partial charge in [0.2, 0.25) is 5.95 Å². The van der Waals surface area contributed by atoms with Gasteiger partial charge in [-0.25, -0.2) is 4.98 Å². The summed E-state index contributed by atoms with van der Waals surface area (Å²) in [6.07, 6.45) is 0.221. The molecule has 0 fully saturated rings. The molecule has 0 saturated heterocycles. The van der Waals surface area contributed by atoms with Crippen LogP contribution in [-0.2, 0) is 16.1 Å². The van der Waals surface area contributed by atoms with Crippen molar-refractivity contribution in [3.05, 3.63) is 41.0 Å². The second-order valence-corrected chi connectivity index (χ2v) is 5.62. The summed E-state index contributed by atoms with van der Waals surface area (Å²) in [5.41, 5.74) is 7.50. The molecule has 0 unspecified atom stereocenters. The van der Waals surface area contributed by atoms with Crippen LogP contribution in [0.4, 0.5) is 17.5 Å². The first-order valence-corrected chi connectivity index (χ1v) is 7.76. The molecule has 2 aromatic rings. The Bertz CT molecular complexity index is 617. The van der Waals surface area contributed by atoms with Crippen molar-refractivity contribution >= 4 is 29.1 Å². The van der Waals surface area contributed by atoms with Gasteiger partial charge in [-0.15, -0.1) is 0 Å². The highest BCUT2D eigenvalue weighted by Gasteiger charge is 2.02. The average molecular weight is 337 g/mol. The van der Waals surface area contributed by atoms with Crippen LogP contribution in [0.15, 0.2) is 30.3 Å². The first-order chi connectivity index (χ1) is 11.0. The molecule has 23 heavy (non-hydrogen) atoms. The number of nitrogen functional groups attached to an aromatic ring is 1. The van der Waals surface area contributed by atoms with Crippen LogP contribution in [0.1, 0.15) is 19.4 Å². The van der Waals surface area contributed by atoms with Crippen LogP contribution in [-0.4, -0.2) is 29.3 Å². The maximum Gasteiger partial charge on any atom is 0.223 e. The Morgan fingerprint density at radius 2 is 2.04 bits per heavy atom. The lowest BCUT2D eigenvalue weighted by molar-refractivity contribution is 0.0143. The Balaban J connectivity index is 1.89. The number of hydrogen-bond donors (Lipinski definition) is 2. The summed E-state index contributed by atoms with van der Waals surface area (Å²) >= 11 is 5.87. The Morgan fingerprint density at radius 3 is 2.78 bits per heavy atom. The first-order valence-electron chi connectivity index (χ1n) is 7.38. The largest absolute Gasteiger partial charge is 0.376 e. The fourth-order valence-electron chi connectivity index (χ4n) is 1.92. The van der Waals surface area contributed by atoms with Crippen LogP contribution in [0, 0.1) is 0 Å². The fraction of sp³-hybridized carbons (Fsp3) is 0.375. The van der Waals surface area contributed by atoms with Crippen molar-refractivity contribution in [3.63, 3.8) is 0 Å². The van der Waals surface area contributed by atoms with Crippen molar-refractivity contribution in [3.8, 4) is 0 Å². The van der Waals surface area contributed by atoms with Crippen LogP contribution in [0.3, 0.4) is 0 Å². The summed E-state index contributed by atoms with van der Waals surface area (Å²) in [6, 6.07) is 9.46. The predicted octanol–water partition coefficient (Wildman–Crippen LogP) is 3.40. The van der Waals surface area contributed by atoms with E-state index >= 15 is 0 Å². The number of aromatic nitrogens is 2. The zero-order valence-electron chi connectivity index (χ0n) is 13.3. The number of nitrogens with two attached hydrogens (primary N) is 1. The van der Waals surface area contributed by atoms with Crippen LogP contribution in [0.25, 0.3) is 0 Å². The molecule has 0 aliphatic rings. The summed E-state index contributed by atoms with van der Waals surface area (Å²) in [4.78, 5) is 7.91. The molecular weight excluding hydrogens is 316 g/mol. The van der Waals surface area contributed by atoms with Gasteiger partial charge in [-0.05, 0) is 31.5 Å². The van der Waals surface area contributed by atoms with E-state index in [1.807, 2.05) is 38.1 Å². The molecule has 3 N–H and O–H groups in total. The number of rotatable bonds is 8. The van der Waals surface area contributed by atoms with E-state index in [1.165, 1.54) is 0 Å². The number of hydrogen-bond acceptors (Lipinski definition) is 6. The lowest BCUT2D eigenvalue weighted by Gasteiger charge is -2.10. The Kier molecular flexibility index (Phi) is 6.58. The molecule has 6 nitrogen and oxygen atoms in total. The zero-order chi connectivity index (χ0) is 16.7. The van der Waals surface area contributed by atoms with E-state index in [1.54, 1.807) is 6.07 Å². The Morgan fingerprint density at radius 1 is 1.22 bits per heavy atom. The monoisotopic (exact) mass is 336 g/mol. The van der Waals surface area contributed by atoms with Crippen molar-refractivity contribution in [2.24, 2.45) is 0 Å². The van der Waals surface area contributed by atoms with Crippen molar-refractivity contribution in [1.29, 1.82) is 0 Å². The van der Waals surface area contributed by atoms with Gasteiger partial charge in [-0.1, -0.05) is 23.7 Å². The third-order valence-electron chi connectivity index (χ3n) is 2.86. The van der Waals surface area contributed by atoms with Crippen molar-refractivity contribution in [2.75, 3.05) is 24.3 Å². The molecule has 0 saturated carbocycles. The van der Waals surface area contributed by atoms with Crippen molar-refractivity contribution in [2.45, 2.75) is 26.6 Å². The molecule has 1 aromatic heterocycles. The summed E-state index contributed by atoms with van der Waals surface area (Å²) in [7, 11) is 0. The van der Waals surface area contributed by atoms with Crippen molar-refractivity contribution < 1.29 is 9.47 Å². The highest BCUT2D eigenvalue weighted by atomic mass is 35.5. The van der Waals surface area contributed by atoms with Gasteiger partial charge < -0.3 is 20.5 Å². The number of nitrogens with one attached hydrogen (secondary N) is 1. The number of anilines is 3. The molecule has 0 atom stereocenters. The number of ether oxygens (including phenoxy) is 2. The minimum Gasteiger partial charge on any atom is -0.376 e. The van der Waals surface area contributed by atoms with Gasteiger partial charge in [0.25, 0.3) is 0 Å². The van der Waals surface area contributed by atoms with Crippen LogP contribution in [0.2, 0.25) is 5.15 Å². The molecule has 0 spiro atoms. The molecule has 2 rings (SSSR count). The smallest absolute Gasteiger partial charge is 0.223 e. The molecule has 0 amide bonds. The number of nitrogens with zero attached hydrogens (tertiary/aromatic N) is 2. The minimum absolute atomic E-state index is 0.129. The van der Waals surface area contributed by atoms with E-state index < -0.39 is 0 Å². The fourth-order valence-corrected chi connectivity index (χ4v) is 2.11. The topological polar surface area (TPSA) is 82.3 Å². The second-order valence-electron chi connectivity index (χ2n) is 5.23. The van der Waals surface area contributed by atoms with Gasteiger partial charge in [0.1, 0.15) is 11.0 Å². The van der Waals surface area contributed by atoms with Gasteiger partial charge in [0, 0.05) is 11.8 Å². The van der Waals surface area contributed by atoms with E-state index in [9.17, 15) is 0 Å². The van der Waals surface area contributed by atoms with E-state index in [-0.39, 0.29) is 12.1 Å². The van der Waals surface area contributed by atoms with E-state index in [0.29, 0.717) is 30.8 Å². The summed E-state index contributed by atoms with van der Waals surface area (Å²) in [5, 5.41) is 3.44. The van der Waals surface area contributed by atoms with Gasteiger partial charge in [0.15, 0.2) is 0 Å². The zero-order valence-corrected chi connectivity index (χ0v) is 14.0. The third-order valence-corrected chi connectivity index (χ3v) is 3.05. The highest BCUT2D eigenvalue weighted by molar-refractivity contribution is 6.29. The minimum atomic E-state index is 0.129. The standard InChI is InChI=1S/C16H21ClN4O2/c1-11(2)23-7-6-22-10-12-4-3-5-13(8-12)19-15-9-14(17)20-16(18)21-15/h3-5,8-9,11H,6-7,10H2,1-2H3,(H3,18,19,20,21). The lowest BCUT2D eigenvalue weighted by Crippen LogP contribution is -2.09. The predicted molar refractivity (Wildman–Crippen MR) is 91.9 cm³/mol. The van der Waals surface area contributed by atoms with Gasteiger partial charge >= 0.3 is 0 Å². The molecule has 0 bridgehead atoms. The van der Waals surface area contributed by atoms with E-state index in [0.717, 1.165) is 11.3 Å². The normalized spacial score (nSPS) is 11.0. The van der Waals surface area contributed by atoms with Crippen LogP contribution < -0.4 is 11.1 Å². The average Bonchev–Trinajstić information content (AvgIpc) is 2.46.